The molecule has 0 fully saturated rings. The van der Waals surface area contributed by atoms with Gasteiger partial charge in [0.25, 0.3) is 0 Å². The third kappa shape index (κ3) is 2.35. The number of aromatic nitrogens is 1. The summed E-state index contributed by atoms with van der Waals surface area (Å²) >= 11 is 4.61. The van der Waals surface area contributed by atoms with Crippen LogP contribution in [0, 0.1) is 0 Å². The van der Waals surface area contributed by atoms with Crippen molar-refractivity contribution in [2.75, 3.05) is 6.67 Å². The van der Waals surface area contributed by atoms with Gasteiger partial charge in [-0.15, -0.1) is 0 Å². The summed E-state index contributed by atoms with van der Waals surface area (Å²) in [5, 5.41) is 2.57. The zero-order valence-electron chi connectivity index (χ0n) is 5.96. The Morgan fingerprint density at radius 1 is 1.64 bits per heavy atom. The number of aryl methyl sites for hydroxylation is 1. The molecule has 0 N–H and O–H groups in total. The molecular weight excluding hydrogens is 161 g/mol. The van der Waals surface area contributed by atoms with E-state index in [1.54, 1.807) is 17.0 Å². The highest BCUT2D eigenvalue weighted by atomic mass is 32.1. The van der Waals surface area contributed by atoms with Crippen LogP contribution in [-0.2, 0) is 6.54 Å². The van der Waals surface area contributed by atoms with Crippen molar-refractivity contribution >= 4 is 17.6 Å². The average Bonchev–Trinajstić information content (AvgIpc) is 2.06. The lowest BCUT2D eigenvalue weighted by atomic mass is 10.3. The topological polar surface area (TPSA) is 3.88 Å². The van der Waals surface area contributed by atoms with E-state index in [9.17, 15) is 4.39 Å². The molecule has 0 saturated heterocycles. The van der Waals surface area contributed by atoms with Crippen LogP contribution in [0.2, 0.25) is 0 Å². The van der Waals surface area contributed by atoms with Crippen LogP contribution in [0.3, 0.4) is 0 Å². The molecule has 1 radical (unpaired) electrons. The summed E-state index contributed by atoms with van der Waals surface area (Å²) in [6.07, 6.45) is 3.57. The lowest BCUT2D eigenvalue weighted by Crippen LogP contribution is -2.34. The average molecular weight is 169 g/mol. The quantitative estimate of drug-likeness (QED) is 0.485. The van der Waals surface area contributed by atoms with Gasteiger partial charge in [-0.2, -0.15) is 0 Å². The highest BCUT2D eigenvalue weighted by Crippen LogP contribution is 1.89. The van der Waals surface area contributed by atoms with Crippen molar-refractivity contribution in [2.45, 2.75) is 6.54 Å². The molecule has 1 rings (SSSR count). The summed E-state index contributed by atoms with van der Waals surface area (Å²) in [5.41, 5.74) is 0.816. The molecule has 0 amide bonds. The normalized spacial score (nSPS) is 9.55. The molecule has 1 aromatic rings. The summed E-state index contributed by atoms with van der Waals surface area (Å²) < 4.78 is 13.6. The summed E-state index contributed by atoms with van der Waals surface area (Å²) in [6.45, 7) is 0.0242. The first-order valence-electron chi connectivity index (χ1n) is 3.30. The number of pyridine rings is 1. The van der Waals surface area contributed by atoms with Crippen molar-refractivity contribution in [2.24, 2.45) is 0 Å². The van der Waals surface area contributed by atoms with E-state index in [1.165, 1.54) is 0 Å². The lowest BCUT2D eigenvalue weighted by molar-refractivity contribution is -0.696. The Balaban J connectivity index is 2.82. The fraction of sp³-hybridized carbons (Fsp3) is 0.250. The molecule has 0 aliphatic carbocycles. The lowest BCUT2D eigenvalue weighted by Gasteiger charge is -1.91. The van der Waals surface area contributed by atoms with Gasteiger partial charge < -0.3 is 0 Å². The second-order valence-corrected chi connectivity index (χ2v) is 2.33. The van der Waals surface area contributed by atoms with Crippen molar-refractivity contribution in [1.82, 2.24) is 0 Å². The largest absolute Gasteiger partial charge is 0.244 e. The monoisotopic (exact) mass is 169 g/mol. The van der Waals surface area contributed by atoms with Gasteiger partial charge in [-0.3, -0.25) is 0 Å². The van der Waals surface area contributed by atoms with Crippen LogP contribution in [0.4, 0.5) is 4.39 Å². The van der Waals surface area contributed by atoms with E-state index in [1.807, 2.05) is 12.1 Å². The molecule has 1 heterocycles. The van der Waals surface area contributed by atoms with Gasteiger partial charge in [0.1, 0.15) is 6.67 Å². The second kappa shape index (κ2) is 4.13. The predicted molar refractivity (Wildman–Crippen MR) is 44.3 cm³/mol. The summed E-state index contributed by atoms with van der Waals surface area (Å²) in [7, 11) is 0. The van der Waals surface area contributed by atoms with Crippen LogP contribution in [-0.4, -0.2) is 12.0 Å². The van der Waals surface area contributed by atoms with Gasteiger partial charge in [0.05, 0.1) is 10.9 Å². The van der Waals surface area contributed by atoms with Gasteiger partial charge in [-0.25, -0.2) is 8.96 Å². The zero-order chi connectivity index (χ0) is 8.10. The number of rotatable bonds is 3. The molecule has 57 valence electrons. The molecule has 11 heavy (non-hydrogen) atoms. The van der Waals surface area contributed by atoms with Gasteiger partial charge in [0.2, 0.25) is 0 Å². The van der Waals surface area contributed by atoms with E-state index in [2.05, 4.69) is 17.6 Å². The van der Waals surface area contributed by atoms with E-state index >= 15 is 0 Å². The Morgan fingerprint density at radius 2 is 2.45 bits per heavy atom. The fourth-order valence-electron chi connectivity index (χ4n) is 0.819. The Kier molecular flexibility index (Phi) is 3.11. The number of hydrogen-bond donors (Lipinski definition) is 0. The molecule has 0 aliphatic rings. The van der Waals surface area contributed by atoms with E-state index in [4.69, 9.17) is 0 Å². The highest BCUT2D eigenvalue weighted by Gasteiger charge is 1.98. The Hall–Kier alpha value is -0.830. The summed E-state index contributed by atoms with van der Waals surface area (Å²) in [6, 6.07) is 3.66. The maximum absolute atomic E-state index is 11.8. The molecule has 0 aromatic carbocycles. The number of halogens is 1. The number of nitrogens with zero attached hydrogens (tertiary/aromatic N) is 1. The molecular formula is C8H8FNS+. The first kappa shape index (κ1) is 8.27. The van der Waals surface area contributed by atoms with Crippen molar-refractivity contribution in [3.05, 3.63) is 30.1 Å². The predicted octanol–water partition coefficient (Wildman–Crippen LogP) is 1.17. The van der Waals surface area contributed by atoms with E-state index in [0.717, 1.165) is 5.56 Å². The van der Waals surface area contributed by atoms with Crippen LogP contribution in [0.25, 0.3) is 0 Å². The van der Waals surface area contributed by atoms with E-state index in [-0.39, 0.29) is 6.67 Å². The minimum atomic E-state index is -0.356. The minimum absolute atomic E-state index is 0.356. The smallest absolute Gasteiger partial charge is 0.177 e. The molecule has 1 aromatic heterocycles. The molecule has 0 saturated carbocycles. The van der Waals surface area contributed by atoms with Crippen molar-refractivity contribution in [3.8, 4) is 0 Å². The Bertz CT molecular complexity index is 250. The SMILES string of the molecule is FCC[n+]1cccc([C]=S)c1. The molecule has 0 bridgehead atoms. The molecule has 3 heteroatoms. The van der Waals surface area contributed by atoms with Crippen LogP contribution < -0.4 is 4.57 Å². The number of alkyl halides is 1. The van der Waals surface area contributed by atoms with Gasteiger partial charge in [0.15, 0.2) is 18.9 Å². The van der Waals surface area contributed by atoms with Gasteiger partial charge >= 0.3 is 0 Å². The number of hydrogen-bond acceptors (Lipinski definition) is 1. The van der Waals surface area contributed by atoms with Crippen molar-refractivity contribution in [3.63, 3.8) is 0 Å². The van der Waals surface area contributed by atoms with Crippen LogP contribution in [0.1, 0.15) is 5.56 Å². The van der Waals surface area contributed by atoms with Gasteiger partial charge in [0, 0.05) is 6.07 Å². The maximum atomic E-state index is 11.8. The molecule has 0 spiro atoms. The zero-order valence-corrected chi connectivity index (χ0v) is 6.77. The molecule has 1 nitrogen and oxygen atoms in total. The van der Waals surface area contributed by atoms with Crippen molar-refractivity contribution in [1.29, 1.82) is 0 Å². The summed E-state index contributed by atoms with van der Waals surface area (Å²) in [5.74, 6) is 0. The van der Waals surface area contributed by atoms with Crippen molar-refractivity contribution < 1.29 is 8.96 Å². The number of thiocarbonyl (C=S) groups is 1. The first-order chi connectivity index (χ1) is 5.36. The third-order valence-electron chi connectivity index (χ3n) is 1.32. The van der Waals surface area contributed by atoms with Gasteiger partial charge in [-0.1, -0.05) is 12.2 Å². The second-order valence-electron chi connectivity index (χ2n) is 2.12. The maximum Gasteiger partial charge on any atom is 0.177 e. The Morgan fingerprint density at radius 3 is 3.09 bits per heavy atom. The van der Waals surface area contributed by atoms with E-state index in [0.29, 0.717) is 6.54 Å². The van der Waals surface area contributed by atoms with Crippen LogP contribution >= 0.6 is 12.2 Å². The fourth-order valence-corrected chi connectivity index (χ4v) is 0.940. The third-order valence-corrected chi connectivity index (χ3v) is 1.55. The first-order valence-corrected chi connectivity index (χ1v) is 3.71. The van der Waals surface area contributed by atoms with Crippen LogP contribution in [0.5, 0.6) is 0 Å². The van der Waals surface area contributed by atoms with Gasteiger partial charge in [-0.05, 0) is 6.07 Å². The Labute approximate surface area is 70.5 Å². The molecule has 0 atom stereocenters. The standard InChI is InChI=1S/C8H8FNS/c9-3-5-10-4-1-2-8(6-10)7-11/h1-2,4,6H,3,5H2/q+1. The molecule has 0 unspecified atom stereocenters. The highest BCUT2D eigenvalue weighted by molar-refractivity contribution is 7.79. The van der Waals surface area contributed by atoms with E-state index < -0.39 is 0 Å². The minimum Gasteiger partial charge on any atom is -0.244 e. The summed E-state index contributed by atoms with van der Waals surface area (Å²) in [4.78, 5) is 0. The molecule has 0 aliphatic heterocycles. The van der Waals surface area contributed by atoms with Crippen LogP contribution in [0.15, 0.2) is 24.5 Å².